The van der Waals surface area contributed by atoms with Gasteiger partial charge in [0.25, 0.3) is 23.1 Å². The molecule has 1 atom stereocenters. The van der Waals surface area contributed by atoms with E-state index >= 15 is 0 Å². The summed E-state index contributed by atoms with van der Waals surface area (Å²) < 4.78 is 21.3. The van der Waals surface area contributed by atoms with E-state index in [4.69, 9.17) is 4.55 Å². The van der Waals surface area contributed by atoms with Crippen molar-refractivity contribution in [2.75, 3.05) is 6.54 Å². The Balaban J connectivity index is 1.79. The first kappa shape index (κ1) is 16.4. The van der Waals surface area contributed by atoms with E-state index in [1.807, 2.05) is 22.9 Å². The van der Waals surface area contributed by atoms with Crippen LogP contribution in [0, 0.1) is 0 Å². The van der Waals surface area contributed by atoms with Crippen molar-refractivity contribution in [3.8, 4) is 0 Å². The molecule has 0 spiro atoms. The maximum absolute atomic E-state index is 12.7. The molecule has 2 N–H and O–H groups in total. The highest BCUT2D eigenvalue weighted by molar-refractivity contribution is 7.77. The van der Waals surface area contributed by atoms with Crippen molar-refractivity contribution in [3.05, 3.63) is 70.8 Å². The largest absolute Gasteiger partial charge is 0.334 e. The number of carbonyl (C=O) groups is 2. The van der Waals surface area contributed by atoms with Gasteiger partial charge < -0.3 is 4.90 Å². The molecule has 2 aromatic rings. The average Bonchev–Trinajstić information content (AvgIpc) is 2.60. The molecule has 2 aromatic carbocycles. The van der Waals surface area contributed by atoms with E-state index < -0.39 is 17.2 Å². The molecular formula is C17H16N2O4S. The van der Waals surface area contributed by atoms with E-state index in [0.717, 1.165) is 12.0 Å². The highest BCUT2D eigenvalue weighted by Gasteiger charge is 2.22. The zero-order chi connectivity index (χ0) is 17.1. The Kier molecular flexibility index (Phi) is 4.73. The van der Waals surface area contributed by atoms with Crippen molar-refractivity contribution >= 4 is 23.1 Å². The summed E-state index contributed by atoms with van der Waals surface area (Å²) in [4.78, 5) is 26.2. The van der Waals surface area contributed by atoms with Crippen LogP contribution in [0.2, 0.25) is 0 Å². The molecule has 2 amide bonds. The fourth-order valence-electron chi connectivity index (χ4n) is 2.78. The van der Waals surface area contributed by atoms with E-state index in [0.29, 0.717) is 18.7 Å². The van der Waals surface area contributed by atoms with Crippen LogP contribution in [-0.4, -0.2) is 32.0 Å². The van der Waals surface area contributed by atoms with Crippen molar-refractivity contribution in [1.29, 1.82) is 0 Å². The number of fused-ring (bicyclic) bond motifs is 1. The van der Waals surface area contributed by atoms with Crippen LogP contribution >= 0.6 is 0 Å². The lowest BCUT2D eigenvalue weighted by Crippen LogP contribution is -2.36. The zero-order valence-corrected chi connectivity index (χ0v) is 13.6. The summed E-state index contributed by atoms with van der Waals surface area (Å²) in [5, 5.41) is 0. The van der Waals surface area contributed by atoms with E-state index in [1.54, 1.807) is 17.0 Å². The van der Waals surface area contributed by atoms with Gasteiger partial charge in [-0.05, 0) is 35.7 Å². The lowest BCUT2D eigenvalue weighted by Gasteiger charge is -2.29. The van der Waals surface area contributed by atoms with Crippen LogP contribution < -0.4 is 4.72 Å². The minimum absolute atomic E-state index is 0.163. The number of nitrogens with zero attached hydrogens (tertiary/aromatic N) is 1. The molecule has 1 heterocycles. The van der Waals surface area contributed by atoms with Gasteiger partial charge in [-0.2, -0.15) is 0 Å². The average molecular weight is 344 g/mol. The van der Waals surface area contributed by atoms with Crippen molar-refractivity contribution in [2.45, 2.75) is 13.0 Å². The van der Waals surface area contributed by atoms with Crippen LogP contribution in [0.5, 0.6) is 0 Å². The topological polar surface area (TPSA) is 86.7 Å². The Morgan fingerprint density at radius 3 is 2.50 bits per heavy atom. The van der Waals surface area contributed by atoms with Crippen LogP contribution in [0.25, 0.3) is 0 Å². The first-order chi connectivity index (χ1) is 11.5. The summed E-state index contributed by atoms with van der Waals surface area (Å²) in [5.41, 5.74) is 2.92. The number of amides is 2. The van der Waals surface area contributed by atoms with Gasteiger partial charge in [-0.3, -0.25) is 14.1 Å². The molecule has 24 heavy (non-hydrogen) atoms. The molecule has 6 nitrogen and oxygen atoms in total. The molecule has 0 aromatic heterocycles. The normalized spacial score (nSPS) is 14.6. The lowest BCUT2D eigenvalue weighted by atomic mass is 9.99. The molecule has 0 fully saturated rings. The van der Waals surface area contributed by atoms with Crippen LogP contribution in [0.3, 0.4) is 0 Å². The van der Waals surface area contributed by atoms with E-state index in [1.165, 1.54) is 17.7 Å². The second kappa shape index (κ2) is 6.94. The number of hydrogen-bond acceptors (Lipinski definition) is 3. The predicted octanol–water partition coefficient (Wildman–Crippen LogP) is 1.75. The Bertz CT molecular complexity index is 822. The van der Waals surface area contributed by atoms with Gasteiger partial charge in [0.15, 0.2) is 0 Å². The molecular weight excluding hydrogens is 328 g/mol. The molecule has 0 aliphatic carbocycles. The molecule has 1 aliphatic rings. The van der Waals surface area contributed by atoms with E-state index in [-0.39, 0.29) is 11.5 Å². The first-order valence-corrected chi connectivity index (χ1v) is 8.53. The van der Waals surface area contributed by atoms with Gasteiger partial charge in [0.1, 0.15) is 0 Å². The van der Waals surface area contributed by atoms with Crippen molar-refractivity contribution in [3.63, 3.8) is 0 Å². The van der Waals surface area contributed by atoms with Gasteiger partial charge in [0.2, 0.25) is 0 Å². The summed E-state index contributed by atoms with van der Waals surface area (Å²) >= 11 is -2.44. The molecule has 1 aliphatic heterocycles. The van der Waals surface area contributed by atoms with Gasteiger partial charge in [-0.1, -0.05) is 30.3 Å². The third-order valence-electron chi connectivity index (χ3n) is 3.97. The number of hydrogen-bond donors (Lipinski definition) is 2. The van der Waals surface area contributed by atoms with Crippen molar-refractivity contribution in [1.82, 2.24) is 9.62 Å². The molecule has 0 bridgehead atoms. The van der Waals surface area contributed by atoms with Crippen LogP contribution in [0.15, 0.2) is 48.5 Å². The summed E-state index contributed by atoms with van der Waals surface area (Å²) in [6, 6.07) is 14.2. The summed E-state index contributed by atoms with van der Waals surface area (Å²) in [6.45, 7) is 1.15. The smallest absolute Gasteiger partial charge is 0.264 e. The van der Waals surface area contributed by atoms with Crippen LogP contribution in [0.1, 0.15) is 31.8 Å². The van der Waals surface area contributed by atoms with Crippen LogP contribution in [0.4, 0.5) is 0 Å². The molecule has 7 heteroatoms. The Morgan fingerprint density at radius 2 is 1.75 bits per heavy atom. The van der Waals surface area contributed by atoms with Gasteiger partial charge in [-0.25, -0.2) is 8.93 Å². The van der Waals surface area contributed by atoms with Gasteiger partial charge >= 0.3 is 0 Å². The number of nitrogens with one attached hydrogen (secondary N) is 1. The lowest BCUT2D eigenvalue weighted by molar-refractivity contribution is 0.0734. The standard InChI is InChI=1S/C17H16N2O4S/c20-16(18-24(22)23)13-6-3-7-14(10-13)17(21)19-9-8-12-4-1-2-5-15(12)11-19/h1-7,10H,8-9,11H2,(H,18,20)(H,22,23). The van der Waals surface area contributed by atoms with Gasteiger partial charge in [0.05, 0.1) is 0 Å². The Morgan fingerprint density at radius 1 is 1.04 bits per heavy atom. The molecule has 0 saturated carbocycles. The molecule has 124 valence electrons. The predicted molar refractivity (Wildman–Crippen MR) is 89.6 cm³/mol. The highest BCUT2D eigenvalue weighted by Crippen LogP contribution is 2.20. The van der Waals surface area contributed by atoms with Gasteiger partial charge in [-0.15, -0.1) is 0 Å². The monoisotopic (exact) mass is 344 g/mol. The fraction of sp³-hybridized carbons (Fsp3) is 0.176. The molecule has 0 radical (unpaired) electrons. The summed E-state index contributed by atoms with van der Waals surface area (Å²) in [7, 11) is 0. The fourth-order valence-corrected chi connectivity index (χ4v) is 3.06. The van der Waals surface area contributed by atoms with Gasteiger partial charge in [0, 0.05) is 24.2 Å². The zero-order valence-electron chi connectivity index (χ0n) is 12.8. The minimum atomic E-state index is -2.44. The second-order valence-corrected chi connectivity index (χ2v) is 6.21. The summed E-state index contributed by atoms with van der Waals surface area (Å²) in [6.07, 6.45) is 0.797. The van der Waals surface area contributed by atoms with E-state index in [2.05, 4.69) is 6.07 Å². The van der Waals surface area contributed by atoms with Crippen molar-refractivity contribution in [2.24, 2.45) is 0 Å². The Hall–Kier alpha value is -2.51. The van der Waals surface area contributed by atoms with E-state index in [9.17, 15) is 13.8 Å². The minimum Gasteiger partial charge on any atom is -0.334 e. The molecule has 0 saturated heterocycles. The number of carbonyl (C=O) groups excluding carboxylic acids is 2. The van der Waals surface area contributed by atoms with Crippen molar-refractivity contribution < 1.29 is 18.4 Å². The third kappa shape index (κ3) is 3.52. The first-order valence-electron chi connectivity index (χ1n) is 7.42. The maximum atomic E-state index is 12.7. The number of rotatable bonds is 3. The Labute approximate surface area is 141 Å². The quantitative estimate of drug-likeness (QED) is 0.831. The molecule has 3 rings (SSSR count). The SMILES string of the molecule is O=C(NS(=O)O)c1cccc(C(=O)N2CCc3ccccc3C2)c1. The second-order valence-electron chi connectivity index (χ2n) is 5.51. The summed E-state index contributed by atoms with van der Waals surface area (Å²) in [5.74, 6) is -0.862. The highest BCUT2D eigenvalue weighted by atomic mass is 32.2. The number of benzene rings is 2. The molecule has 1 unspecified atom stereocenters. The third-order valence-corrected chi connectivity index (χ3v) is 4.33. The van der Waals surface area contributed by atoms with Crippen LogP contribution in [-0.2, 0) is 24.2 Å². The maximum Gasteiger partial charge on any atom is 0.264 e.